The zero-order valence-electron chi connectivity index (χ0n) is 14.8. The Balaban J connectivity index is 1.73. The average Bonchev–Trinajstić information content (AvgIpc) is 2.67. The van der Waals surface area contributed by atoms with Crippen LogP contribution in [0.4, 0.5) is 11.5 Å². The highest BCUT2D eigenvalue weighted by molar-refractivity contribution is 6.34. The molecular weight excluding hydrogens is 352 g/mol. The molecule has 2 N–H and O–H groups in total. The van der Waals surface area contributed by atoms with E-state index in [-0.39, 0.29) is 12.5 Å². The fraction of sp³-hybridized carbons (Fsp3) is 0.421. The highest BCUT2D eigenvalue weighted by Crippen LogP contribution is 2.29. The van der Waals surface area contributed by atoms with Gasteiger partial charge < -0.3 is 15.3 Å². The van der Waals surface area contributed by atoms with Gasteiger partial charge >= 0.3 is 0 Å². The van der Waals surface area contributed by atoms with E-state index in [1.807, 2.05) is 18.0 Å². The van der Waals surface area contributed by atoms with Crippen LogP contribution < -0.4 is 10.2 Å². The minimum absolute atomic E-state index is 0.244. The van der Waals surface area contributed by atoms with Gasteiger partial charge in [-0.15, -0.1) is 0 Å². The normalized spacial score (nSPS) is 16.1. The van der Waals surface area contributed by atoms with E-state index in [4.69, 9.17) is 11.6 Å². The van der Waals surface area contributed by atoms with Gasteiger partial charge in [0.1, 0.15) is 12.1 Å². The quantitative estimate of drug-likeness (QED) is 0.839. The molecule has 1 aromatic carbocycles. The molecule has 26 heavy (non-hydrogen) atoms. The van der Waals surface area contributed by atoms with Crippen LogP contribution in [0, 0.1) is 0 Å². The van der Waals surface area contributed by atoms with Crippen molar-refractivity contribution < 1.29 is 9.90 Å². The van der Waals surface area contributed by atoms with Crippen molar-refractivity contribution in [1.82, 2.24) is 15.3 Å². The van der Waals surface area contributed by atoms with Crippen molar-refractivity contribution in [3.8, 4) is 0 Å². The SMILES string of the molecule is CN(c1ccc(Cl)c(C(=O)NCC2(O)CCCCC2)c1)c1ccncn1. The molecule has 1 aliphatic carbocycles. The zero-order valence-corrected chi connectivity index (χ0v) is 15.5. The number of nitrogens with one attached hydrogen (secondary N) is 1. The van der Waals surface area contributed by atoms with Crippen molar-refractivity contribution in [3.05, 3.63) is 47.4 Å². The predicted molar refractivity (Wildman–Crippen MR) is 102 cm³/mol. The molecule has 0 bridgehead atoms. The van der Waals surface area contributed by atoms with Crippen molar-refractivity contribution in [2.75, 3.05) is 18.5 Å². The smallest absolute Gasteiger partial charge is 0.252 e. The minimum atomic E-state index is -0.810. The number of aromatic nitrogens is 2. The number of rotatable bonds is 5. The third-order valence-corrected chi connectivity index (χ3v) is 5.18. The summed E-state index contributed by atoms with van der Waals surface area (Å²) in [5.74, 6) is 0.428. The third-order valence-electron chi connectivity index (χ3n) is 4.85. The summed E-state index contributed by atoms with van der Waals surface area (Å²) in [6.45, 7) is 0.244. The summed E-state index contributed by atoms with van der Waals surface area (Å²) in [7, 11) is 1.86. The summed E-state index contributed by atoms with van der Waals surface area (Å²) in [5, 5.41) is 13.8. The first-order valence-corrected chi connectivity index (χ1v) is 9.16. The topological polar surface area (TPSA) is 78.4 Å². The van der Waals surface area contributed by atoms with E-state index in [1.54, 1.807) is 24.4 Å². The molecule has 1 aromatic heterocycles. The number of nitrogens with zero attached hydrogens (tertiary/aromatic N) is 3. The molecule has 1 saturated carbocycles. The molecule has 0 saturated heterocycles. The van der Waals surface area contributed by atoms with E-state index in [0.29, 0.717) is 16.4 Å². The zero-order chi connectivity index (χ0) is 18.6. The van der Waals surface area contributed by atoms with Crippen LogP contribution >= 0.6 is 11.6 Å². The molecule has 1 fully saturated rings. The second kappa shape index (κ2) is 8.01. The summed E-state index contributed by atoms with van der Waals surface area (Å²) in [6, 6.07) is 7.03. The lowest BCUT2D eigenvalue weighted by molar-refractivity contribution is 0.00526. The van der Waals surface area contributed by atoms with Crippen LogP contribution in [-0.4, -0.2) is 40.2 Å². The fourth-order valence-electron chi connectivity index (χ4n) is 3.24. The number of amides is 1. The lowest BCUT2D eigenvalue weighted by atomic mass is 9.85. The van der Waals surface area contributed by atoms with Gasteiger partial charge in [0.05, 0.1) is 16.2 Å². The minimum Gasteiger partial charge on any atom is -0.388 e. The fourth-order valence-corrected chi connectivity index (χ4v) is 3.44. The van der Waals surface area contributed by atoms with Crippen molar-refractivity contribution in [2.24, 2.45) is 0 Å². The van der Waals surface area contributed by atoms with Crippen LogP contribution in [0.15, 0.2) is 36.8 Å². The second-order valence-corrected chi connectivity index (χ2v) is 7.17. The van der Waals surface area contributed by atoms with Gasteiger partial charge in [0.15, 0.2) is 0 Å². The summed E-state index contributed by atoms with van der Waals surface area (Å²) in [6.07, 6.45) is 7.70. The van der Waals surface area contributed by atoms with Crippen LogP contribution in [0.3, 0.4) is 0 Å². The Kier molecular flexibility index (Phi) is 5.74. The predicted octanol–water partition coefficient (Wildman–Crippen LogP) is 3.32. The standard InChI is InChI=1S/C19H23ClN4O2/c1-24(17-7-10-21-13-23-17)14-5-6-16(20)15(11-14)18(25)22-12-19(26)8-3-2-4-9-19/h5-7,10-11,13,26H,2-4,8-9,12H2,1H3,(H,22,25). The summed E-state index contributed by atoms with van der Waals surface area (Å²) < 4.78 is 0. The van der Waals surface area contributed by atoms with Crippen molar-refractivity contribution in [2.45, 2.75) is 37.7 Å². The Morgan fingerprint density at radius 2 is 2.08 bits per heavy atom. The van der Waals surface area contributed by atoms with Gasteiger partial charge in [-0.3, -0.25) is 4.79 Å². The Labute approximate surface area is 158 Å². The second-order valence-electron chi connectivity index (χ2n) is 6.76. The number of hydrogen-bond donors (Lipinski definition) is 2. The van der Waals surface area contributed by atoms with E-state index in [2.05, 4.69) is 15.3 Å². The molecule has 138 valence electrons. The lowest BCUT2D eigenvalue weighted by Gasteiger charge is -2.32. The molecular formula is C19H23ClN4O2. The Morgan fingerprint density at radius 1 is 1.31 bits per heavy atom. The van der Waals surface area contributed by atoms with E-state index >= 15 is 0 Å². The first kappa shape index (κ1) is 18.6. The lowest BCUT2D eigenvalue weighted by Crippen LogP contribution is -2.44. The summed E-state index contributed by atoms with van der Waals surface area (Å²) >= 11 is 6.23. The monoisotopic (exact) mass is 374 g/mol. The van der Waals surface area contributed by atoms with E-state index in [0.717, 1.165) is 37.8 Å². The highest BCUT2D eigenvalue weighted by atomic mass is 35.5. The number of carbonyl (C=O) groups is 1. The molecule has 0 atom stereocenters. The molecule has 0 spiro atoms. The van der Waals surface area contributed by atoms with Crippen LogP contribution in [0.25, 0.3) is 0 Å². The highest BCUT2D eigenvalue weighted by Gasteiger charge is 2.29. The van der Waals surface area contributed by atoms with Crippen LogP contribution in [0.1, 0.15) is 42.5 Å². The number of halogens is 1. The first-order valence-electron chi connectivity index (χ1n) is 8.78. The van der Waals surface area contributed by atoms with Gasteiger partial charge in [-0.25, -0.2) is 9.97 Å². The van der Waals surface area contributed by atoms with Crippen LogP contribution in [0.2, 0.25) is 5.02 Å². The molecule has 1 heterocycles. The largest absolute Gasteiger partial charge is 0.388 e. The molecule has 7 heteroatoms. The van der Waals surface area contributed by atoms with E-state index in [9.17, 15) is 9.90 Å². The van der Waals surface area contributed by atoms with Crippen LogP contribution in [0.5, 0.6) is 0 Å². The first-order chi connectivity index (χ1) is 12.5. The maximum Gasteiger partial charge on any atom is 0.252 e. The molecule has 0 unspecified atom stereocenters. The van der Waals surface area contributed by atoms with E-state index in [1.165, 1.54) is 6.33 Å². The number of carbonyl (C=O) groups excluding carboxylic acids is 1. The van der Waals surface area contributed by atoms with Gasteiger partial charge in [-0.2, -0.15) is 0 Å². The average molecular weight is 375 g/mol. The summed E-state index contributed by atoms with van der Waals surface area (Å²) in [5.41, 5.74) is 0.356. The molecule has 1 aliphatic rings. The Hall–Kier alpha value is -2.18. The number of anilines is 2. The van der Waals surface area contributed by atoms with Crippen molar-refractivity contribution >= 4 is 29.0 Å². The van der Waals surface area contributed by atoms with Gasteiger partial charge in [0.25, 0.3) is 5.91 Å². The van der Waals surface area contributed by atoms with Gasteiger partial charge in [-0.05, 0) is 37.1 Å². The van der Waals surface area contributed by atoms with Crippen LogP contribution in [-0.2, 0) is 0 Å². The number of aliphatic hydroxyl groups is 1. The number of benzene rings is 1. The molecule has 0 radical (unpaired) electrons. The third kappa shape index (κ3) is 4.31. The summed E-state index contributed by atoms with van der Waals surface area (Å²) in [4.78, 5) is 22.6. The van der Waals surface area contributed by atoms with Crippen molar-refractivity contribution in [1.29, 1.82) is 0 Å². The molecule has 2 aromatic rings. The molecule has 3 rings (SSSR count). The molecule has 6 nitrogen and oxygen atoms in total. The number of hydrogen-bond acceptors (Lipinski definition) is 5. The van der Waals surface area contributed by atoms with Gasteiger partial charge in [-0.1, -0.05) is 30.9 Å². The Bertz CT molecular complexity index is 763. The molecule has 1 amide bonds. The van der Waals surface area contributed by atoms with Gasteiger partial charge in [0, 0.05) is 25.5 Å². The van der Waals surface area contributed by atoms with E-state index < -0.39 is 5.60 Å². The Morgan fingerprint density at radius 3 is 2.77 bits per heavy atom. The maximum absolute atomic E-state index is 12.6. The van der Waals surface area contributed by atoms with Crippen molar-refractivity contribution in [3.63, 3.8) is 0 Å². The van der Waals surface area contributed by atoms with Gasteiger partial charge in [0.2, 0.25) is 0 Å². The molecule has 0 aliphatic heterocycles. The maximum atomic E-state index is 12.6.